The van der Waals surface area contributed by atoms with Gasteiger partial charge in [0, 0.05) is 25.7 Å². The molecule has 2 bridgehead atoms. The summed E-state index contributed by atoms with van der Waals surface area (Å²) in [5.74, 6) is -0.603. The Balaban J connectivity index is 1.82. The number of hydrogen-bond acceptors (Lipinski definition) is 6. The van der Waals surface area contributed by atoms with Gasteiger partial charge in [-0.25, -0.2) is 0 Å². The summed E-state index contributed by atoms with van der Waals surface area (Å²) < 4.78 is 23.7. The zero-order chi connectivity index (χ0) is 18.0. The van der Waals surface area contributed by atoms with Crippen LogP contribution in [0.3, 0.4) is 0 Å². The third-order valence-corrected chi connectivity index (χ3v) is 7.06. The van der Waals surface area contributed by atoms with Crippen molar-refractivity contribution < 1.29 is 28.5 Å². The molecule has 0 aromatic carbocycles. The molecule has 25 heavy (non-hydrogen) atoms. The van der Waals surface area contributed by atoms with Gasteiger partial charge in [-0.05, 0) is 19.8 Å². The number of ether oxygens (including phenoxy) is 4. The molecule has 6 heteroatoms. The molecule has 2 heterocycles. The van der Waals surface area contributed by atoms with Gasteiger partial charge in [0.1, 0.15) is 18.3 Å². The summed E-state index contributed by atoms with van der Waals surface area (Å²) in [5.41, 5.74) is -0.0699. The number of esters is 2. The van der Waals surface area contributed by atoms with E-state index in [-0.39, 0.29) is 36.9 Å². The molecule has 6 atom stereocenters. The molecule has 0 radical (unpaired) electrons. The highest BCUT2D eigenvalue weighted by Crippen LogP contribution is 2.72. The lowest BCUT2D eigenvalue weighted by atomic mass is 9.51. The number of allylic oxidation sites excluding steroid dienone is 1. The van der Waals surface area contributed by atoms with E-state index in [4.69, 9.17) is 18.9 Å². The van der Waals surface area contributed by atoms with Gasteiger partial charge in [0.15, 0.2) is 0 Å². The van der Waals surface area contributed by atoms with E-state index in [0.717, 1.165) is 12.8 Å². The van der Waals surface area contributed by atoms with Crippen molar-refractivity contribution >= 4 is 11.9 Å². The minimum atomic E-state index is -0.457. The molecule has 6 nitrogen and oxygen atoms in total. The van der Waals surface area contributed by atoms with E-state index in [2.05, 4.69) is 19.9 Å². The van der Waals surface area contributed by atoms with Crippen LogP contribution in [0.1, 0.15) is 47.0 Å². The summed E-state index contributed by atoms with van der Waals surface area (Å²) in [7, 11) is 0. The Morgan fingerprint density at radius 3 is 2.64 bits per heavy atom. The highest BCUT2D eigenvalue weighted by molar-refractivity contribution is 5.67. The zero-order valence-corrected chi connectivity index (χ0v) is 15.3. The molecular weight excluding hydrogens is 324 g/mol. The van der Waals surface area contributed by atoms with E-state index in [1.165, 1.54) is 19.4 Å². The Kier molecular flexibility index (Phi) is 3.61. The highest BCUT2D eigenvalue weighted by atomic mass is 16.6. The van der Waals surface area contributed by atoms with E-state index in [1.54, 1.807) is 0 Å². The first-order valence-electron chi connectivity index (χ1n) is 9.02. The van der Waals surface area contributed by atoms with Crippen molar-refractivity contribution in [3.63, 3.8) is 0 Å². The van der Waals surface area contributed by atoms with Crippen molar-refractivity contribution in [2.45, 2.75) is 70.9 Å². The second kappa shape index (κ2) is 5.30. The van der Waals surface area contributed by atoms with Gasteiger partial charge in [-0.3, -0.25) is 9.59 Å². The minimum absolute atomic E-state index is 0.0977. The molecule has 1 saturated carbocycles. The van der Waals surface area contributed by atoms with Gasteiger partial charge in [0.05, 0.1) is 24.2 Å². The summed E-state index contributed by atoms with van der Waals surface area (Å²) in [6.07, 6.45) is 3.95. The molecule has 1 spiro atoms. The summed E-state index contributed by atoms with van der Waals surface area (Å²) in [5, 5.41) is 0. The average molecular weight is 350 g/mol. The first-order valence-corrected chi connectivity index (χ1v) is 9.02. The summed E-state index contributed by atoms with van der Waals surface area (Å²) in [4.78, 5) is 23.3. The molecule has 0 unspecified atom stereocenters. The minimum Gasteiger partial charge on any atom is -0.465 e. The molecule has 3 fully saturated rings. The van der Waals surface area contributed by atoms with Crippen LogP contribution >= 0.6 is 0 Å². The van der Waals surface area contributed by atoms with Crippen LogP contribution in [0, 0.1) is 10.8 Å². The van der Waals surface area contributed by atoms with E-state index < -0.39 is 16.4 Å². The van der Waals surface area contributed by atoms with Gasteiger partial charge in [-0.15, -0.1) is 0 Å². The van der Waals surface area contributed by atoms with Gasteiger partial charge in [0.2, 0.25) is 0 Å². The predicted octanol–water partition coefficient (Wildman–Crippen LogP) is 2.15. The third kappa shape index (κ3) is 2.10. The largest absolute Gasteiger partial charge is 0.465 e. The summed E-state index contributed by atoms with van der Waals surface area (Å²) in [6, 6.07) is 0. The quantitative estimate of drug-likeness (QED) is 0.441. The van der Waals surface area contributed by atoms with Gasteiger partial charge < -0.3 is 18.9 Å². The first kappa shape index (κ1) is 17.0. The maximum atomic E-state index is 11.7. The molecule has 4 aliphatic rings. The number of rotatable bonds is 3. The number of hydrogen-bond donors (Lipinski definition) is 0. The summed E-state index contributed by atoms with van der Waals surface area (Å²) in [6.45, 7) is 7.96. The predicted molar refractivity (Wildman–Crippen MR) is 87.7 cm³/mol. The Bertz CT molecular complexity index is 650. The number of carbonyl (C=O) groups excluding carboxylic acids is 2. The van der Waals surface area contributed by atoms with E-state index in [0.29, 0.717) is 13.0 Å². The van der Waals surface area contributed by atoms with Gasteiger partial charge >= 0.3 is 11.9 Å². The molecule has 0 aromatic rings. The van der Waals surface area contributed by atoms with Crippen molar-refractivity contribution in [2.24, 2.45) is 10.8 Å². The van der Waals surface area contributed by atoms with Crippen molar-refractivity contribution in [3.05, 3.63) is 11.6 Å². The molecule has 2 saturated heterocycles. The van der Waals surface area contributed by atoms with Crippen LogP contribution in [0.5, 0.6) is 0 Å². The lowest BCUT2D eigenvalue weighted by molar-refractivity contribution is -0.233. The third-order valence-electron chi connectivity index (χ3n) is 7.06. The van der Waals surface area contributed by atoms with Crippen molar-refractivity contribution in [1.29, 1.82) is 0 Å². The SMILES string of the molecule is CC(=O)OC[C@]12CCC(C)=C[C@H]1O[C@@H]1C[C@@H](OC(C)=O)[C@@]2(C)[C@]12CO2. The van der Waals surface area contributed by atoms with Crippen LogP contribution in [0.2, 0.25) is 0 Å². The van der Waals surface area contributed by atoms with E-state index in [1.807, 2.05) is 0 Å². The molecule has 0 aromatic heterocycles. The molecular formula is C19H26O6. The molecule has 2 aliphatic heterocycles. The Labute approximate surface area is 147 Å². The maximum Gasteiger partial charge on any atom is 0.302 e. The Morgan fingerprint density at radius 2 is 2.04 bits per heavy atom. The second-order valence-electron chi connectivity index (χ2n) is 8.21. The fourth-order valence-electron chi connectivity index (χ4n) is 5.56. The van der Waals surface area contributed by atoms with E-state index in [9.17, 15) is 9.59 Å². The number of epoxide rings is 1. The van der Waals surface area contributed by atoms with Crippen LogP contribution in [0.25, 0.3) is 0 Å². The normalized spacial score (nSPS) is 47.0. The second-order valence-corrected chi connectivity index (χ2v) is 8.21. The molecule has 138 valence electrons. The summed E-state index contributed by atoms with van der Waals surface area (Å²) >= 11 is 0. The maximum absolute atomic E-state index is 11.7. The monoisotopic (exact) mass is 350 g/mol. The smallest absolute Gasteiger partial charge is 0.302 e. The fraction of sp³-hybridized carbons (Fsp3) is 0.789. The Morgan fingerprint density at radius 1 is 1.32 bits per heavy atom. The lowest BCUT2D eigenvalue weighted by Gasteiger charge is -2.58. The topological polar surface area (TPSA) is 74.4 Å². The van der Waals surface area contributed by atoms with Crippen molar-refractivity contribution in [1.82, 2.24) is 0 Å². The van der Waals surface area contributed by atoms with Crippen LogP contribution in [0.15, 0.2) is 11.6 Å². The van der Waals surface area contributed by atoms with Crippen molar-refractivity contribution in [2.75, 3.05) is 13.2 Å². The molecule has 4 rings (SSSR count). The number of fused-ring (bicyclic) bond motifs is 2. The average Bonchev–Trinajstić information content (AvgIpc) is 3.29. The van der Waals surface area contributed by atoms with Gasteiger partial charge in [-0.2, -0.15) is 0 Å². The Hall–Kier alpha value is -1.40. The molecule has 0 amide bonds. The zero-order valence-electron chi connectivity index (χ0n) is 15.3. The van der Waals surface area contributed by atoms with Gasteiger partial charge in [0.25, 0.3) is 0 Å². The first-order chi connectivity index (χ1) is 11.7. The van der Waals surface area contributed by atoms with Crippen LogP contribution < -0.4 is 0 Å². The number of carbonyl (C=O) groups is 2. The van der Waals surface area contributed by atoms with Crippen molar-refractivity contribution in [3.8, 4) is 0 Å². The standard InChI is InChI=1S/C19H26O6/c1-11-5-6-18(9-22-12(2)20)15(7-11)25-16-8-14(24-13(3)21)17(18,4)19(16)10-23-19/h7,14-16H,5-6,8-10H2,1-4H3/t14-,15-,16-,17-,18-,19+/m1/s1. The van der Waals surface area contributed by atoms with Gasteiger partial charge in [-0.1, -0.05) is 18.6 Å². The fourth-order valence-corrected chi connectivity index (χ4v) is 5.56. The van der Waals surface area contributed by atoms with Crippen LogP contribution in [-0.4, -0.2) is 49.1 Å². The molecule has 2 aliphatic carbocycles. The lowest BCUT2D eigenvalue weighted by Crippen LogP contribution is -2.66. The van der Waals surface area contributed by atoms with E-state index >= 15 is 0 Å². The molecule has 0 N–H and O–H groups in total. The van der Waals surface area contributed by atoms with Crippen LogP contribution in [0.4, 0.5) is 0 Å². The van der Waals surface area contributed by atoms with Crippen LogP contribution in [-0.2, 0) is 28.5 Å². The highest BCUT2D eigenvalue weighted by Gasteiger charge is 2.83.